The Bertz CT molecular complexity index is 801. The SMILES string of the molecule is COc1c(-c2ccccc2)c(C#N)cc2ccccc12. The van der Waals surface area contributed by atoms with Crippen LogP contribution in [-0.2, 0) is 0 Å². The van der Waals surface area contributed by atoms with Crippen LogP contribution in [0.15, 0.2) is 60.7 Å². The predicted molar refractivity (Wildman–Crippen MR) is 80.7 cm³/mol. The molecule has 3 aromatic rings. The van der Waals surface area contributed by atoms with E-state index in [-0.39, 0.29) is 0 Å². The highest BCUT2D eigenvalue weighted by Gasteiger charge is 2.15. The van der Waals surface area contributed by atoms with E-state index in [0.717, 1.165) is 27.6 Å². The maximum atomic E-state index is 9.45. The van der Waals surface area contributed by atoms with Gasteiger partial charge in [-0.1, -0.05) is 54.6 Å². The Morgan fingerprint density at radius 2 is 1.65 bits per heavy atom. The lowest BCUT2D eigenvalue weighted by atomic mass is 9.94. The first-order chi connectivity index (χ1) is 9.85. The van der Waals surface area contributed by atoms with E-state index in [4.69, 9.17) is 4.74 Å². The Morgan fingerprint density at radius 3 is 2.35 bits per heavy atom. The maximum Gasteiger partial charge on any atom is 0.135 e. The number of methoxy groups -OCH3 is 1. The van der Waals surface area contributed by atoms with Crippen molar-refractivity contribution in [3.63, 3.8) is 0 Å². The summed E-state index contributed by atoms with van der Waals surface area (Å²) in [7, 11) is 1.65. The molecule has 0 aliphatic heterocycles. The van der Waals surface area contributed by atoms with E-state index in [1.807, 2.05) is 60.7 Å². The van der Waals surface area contributed by atoms with E-state index in [1.165, 1.54) is 0 Å². The van der Waals surface area contributed by atoms with Gasteiger partial charge in [-0.15, -0.1) is 0 Å². The average Bonchev–Trinajstić information content (AvgIpc) is 2.53. The van der Waals surface area contributed by atoms with Crippen LogP contribution in [0.25, 0.3) is 21.9 Å². The third kappa shape index (κ3) is 1.90. The molecule has 0 radical (unpaired) electrons. The molecule has 0 amide bonds. The van der Waals surface area contributed by atoms with Gasteiger partial charge in [0.2, 0.25) is 0 Å². The number of hydrogen-bond donors (Lipinski definition) is 0. The fourth-order valence-corrected chi connectivity index (χ4v) is 2.51. The molecule has 0 bridgehead atoms. The highest BCUT2D eigenvalue weighted by Crippen LogP contribution is 2.39. The van der Waals surface area contributed by atoms with Crippen molar-refractivity contribution >= 4 is 10.8 Å². The summed E-state index contributed by atoms with van der Waals surface area (Å²) >= 11 is 0. The second-order valence-electron chi connectivity index (χ2n) is 4.53. The Morgan fingerprint density at radius 1 is 0.950 bits per heavy atom. The van der Waals surface area contributed by atoms with Crippen LogP contribution in [0.1, 0.15) is 5.56 Å². The molecular formula is C18H13NO. The number of ether oxygens (including phenoxy) is 1. The molecule has 2 heteroatoms. The molecule has 0 N–H and O–H groups in total. The van der Waals surface area contributed by atoms with Crippen LogP contribution in [0.3, 0.4) is 0 Å². The van der Waals surface area contributed by atoms with Crippen molar-refractivity contribution in [2.24, 2.45) is 0 Å². The van der Waals surface area contributed by atoms with Gasteiger partial charge in [0.1, 0.15) is 5.75 Å². The molecule has 0 saturated heterocycles. The van der Waals surface area contributed by atoms with E-state index in [2.05, 4.69) is 6.07 Å². The highest BCUT2D eigenvalue weighted by atomic mass is 16.5. The standard InChI is InChI=1S/C18H13NO/c1-20-18-16-10-6-5-9-14(16)11-15(12-19)17(18)13-7-3-2-4-8-13/h2-11H,1H3. The van der Waals surface area contributed by atoms with E-state index >= 15 is 0 Å². The second-order valence-corrected chi connectivity index (χ2v) is 4.53. The second kappa shape index (κ2) is 5.07. The van der Waals surface area contributed by atoms with Gasteiger partial charge in [0.05, 0.1) is 18.7 Å². The number of benzene rings is 3. The lowest BCUT2D eigenvalue weighted by Gasteiger charge is -2.14. The lowest BCUT2D eigenvalue weighted by Crippen LogP contribution is -1.93. The van der Waals surface area contributed by atoms with Crippen molar-refractivity contribution in [2.45, 2.75) is 0 Å². The zero-order chi connectivity index (χ0) is 13.9. The van der Waals surface area contributed by atoms with Gasteiger partial charge in [-0.05, 0) is 17.0 Å². The van der Waals surface area contributed by atoms with Gasteiger partial charge in [0.25, 0.3) is 0 Å². The Balaban J connectivity index is 2.44. The molecule has 3 aromatic carbocycles. The van der Waals surface area contributed by atoms with E-state index in [0.29, 0.717) is 5.56 Å². The molecule has 0 fully saturated rings. The zero-order valence-electron chi connectivity index (χ0n) is 11.1. The van der Waals surface area contributed by atoms with Crippen molar-refractivity contribution in [1.82, 2.24) is 0 Å². The van der Waals surface area contributed by atoms with Crippen LogP contribution in [0, 0.1) is 11.3 Å². The topological polar surface area (TPSA) is 33.0 Å². The van der Waals surface area contributed by atoms with Crippen molar-refractivity contribution in [1.29, 1.82) is 5.26 Å². The average molecular weight is 259 g/mol. The molecule has 0 aliphatic rings. The fourth-order valence-electron chi connectivity index (χ4n) is 2.51. The van der Waals surface area contributed by atoms with E-state index < -0.39 is 0 Å². The number of hydrogen-bond acceptors (Lipinski definition) is 2. The zero-order valence-corrected chi connectivity index (χ0v) is 11.1. The predicted octanol–water partition coefficient (Wildman–Crippen LogP) is 4.39. The van der Waals surface area contributed by atoms with Crippen LogP contribution in [-0.4, -0.2) is 7.11 Å². The van der Waals surface area contributed by atoms with Crippen molar-refractivity contribution in [2.75, 3.05) is 7.11 Å². The molecular weight excluding hydrogens is 246 g/mol. The first-order valence-electron chi connectivity index (χ1n) is 6.40. The highest BCUT2D eigenvalue weighted by molar-refractivity contribution is 5.97. The van der Waals surface area contributed by atoms with Crippen LogP contribution in [0.4, 0.5) is 0 Å². The minimum absolute atomic E-state index is 0.631. The monoisotopic (exact) mass is 259 g/mol. The lowest BCUT2D eigenvalue weighted by molar-refractivity contribution is 0.421. The molecule has 0 spiro atoms. The Labute approximate surface area is 117 Å². The minimum Gasteiger partial charge on any atom is -0.495 e. The van der Waals surface area contributed by atoms with E-state index in [1.54, 1.807) is 7.11 Å². The summed E-state index contributed by atoms with van der Waals surface area (Å²) in [6, 6.07) is 22.0. The van der Waals surface area contributed by atoms with Gasteiger partial charge in [-0.25, -0.2) is 0 Å². The summed E-state index contributed by atoms with van der Waals surface area (Å²) in [5.74, 6) is 0.755. The van der Waals surface area contributed by atoms with Gasteiger partial charge >= 0.3 is 0 Å². The summed E-state index contributed by atoms with van der Waals surface area (Å²) in [4.78, 5) is 0. The Hall–Kier alpha value is -2.79. The van der Waals surface area contributed by atoms with Gasteiger partial charge < -0.3 is 4.74 Å². The normalized spacial score (nSPS) is 10.2. The summed E-state index contributed by atoms with van der Waals surface area (Å²) in [5.41, 5.74) is 2.48. The van der Waals surface area contributed by atoms with E-state index in [9.17, 15) is 5.26 Å². The fraction of sp³-hybridized carbons (Fsp3) is 0.0556. The molecule has 0 heterocycles. The minimum atomic E-state index is 0.631. The van der Waals surface area contributed by atoms with Gasteiger partial charge in [-0.3, -0.25) is 0 Å². The largest absolute Gasteiger partial charge is 0.495 e. The number of rotatable bonds is 2. The molecule has 0 aromatic heterocycles. The van der Waals surface area contributed by atoms with Crippen LogP contribution < -0.4 is 4.74 Å². The molecule has 96 valence electrons. The Kier molecular flexibility index (Phi) is 3.10. The van der Waals surface area contributed by atoms with Crippen molar-refractivity contribution in [3.05, 3.63) is 66.2 Å². The van der Waals surface area contributed by atoms with Crippen LogP contribution in [0.5, 0.6) is 5.75 Å². The summed E-state index contributed by atoms with van der Waals surface area (Å²) in [5, 5.41) is 11.5. The third-order valence-corrected chi connectivity index (χ3v) is 3.39. The molecule has 3 rings (SSSR count). The molecule has 0 aliphatic carbocycles. The molecule has 0 atom stereocenters. The van der Waals surface area contributed by atoms with Crippen LogP contribution >= 0.6 is 0 Å². The van der Waals surface area contributed by atoms with Gasteiger partial charge in [0, 0.05) is 10.9 Å². The summed E-state index contributed by atoms with van der Waals surface area (Å²) in [6.07, 6.45) is 0. The quantitative estimate of drug-likeness (QED) is 0.684. The maximum absolute atomic E-state index is 9.45. The molecule has 2 nitrogen and oxygen atoms in total. The molecule has 20 heavy (non-hydrogen) atoms. The summed E-state index contributed by atoms with van der Waals surface area (Å²) < 4.78 is 5.60. The van der Waals surface area contributed by atoms with Crippen LogP contribution in [0.2, 0.25) is 0 Å². The van der Waals surface area contributed by atoms with Gasteiger partial charge in [0.15, 0.2) is 0 Å². The first kappa shape index (κ1) is 12.3. The number of fused-ring (bicyclic) bond motifs is 1. The van der Waals surface area contributed by atoms with Crippen molar-refractivity contribution < 1.29 is 4.74 Å². The molecule has 0 unspecified atom stereocenters. The number of nitrogens with zero attached hydrogens (tertiary/aromatic N) is 1. The number of nitriles is 1. The first-order valence-corrected chi connectivity index (χ1v) is 6.40. The summed E-state index contributed by atoms with van der Waals surface area (Å²) in [6.45, 7) is 0. The molecule has 0 saturated carbocycles. The van der Waals surface area contributed by atoms with Gasteiger partial charge in [-0.2, -0.15) is 5.26 Å². The van der Waals surface area contributed by atoms with Crippen molar-refractivity contribution in [3.8, 4) is 22.9 Å². The third-order valence-electron chi connectivity index (χ3n) is 3.39. The smallest absolute Gasteiger partial charge is 0.135 e.